The molecule has 0 aliphatic rings. The summed E-state index contributed by atoms with van der Waals surface area (Å²) in [5, 5.41) is 6.60. The number of hydrogen-bond acceptors (Lipinski definition) is 8. The van der Waals surface area contributed by atoms with Gasteiger partial charge < -0.3 is 19.3 Å². The molecule has 0 aliphatic carbocycles. The van der Waals surface area contributed by atoms with Crippen LogP contribution in [0.4, 0.5) is 5.69 Å². The van der Waals surface area contributed by atoms with Crippen LogP contribution in [0.15, 0.2) is 53.1 Å². The zero-order chi connectivity index (χ0) is 23.3. The number of hydrogen-bond donors (Lipinski definition) is 1. The second-order valence-electron chi connectivity index (χ2n) is 6.95. The predicted octanol–water partition coefficient (Wildman–Crippen LogP) is 2.22. The molecule has 2 aromatic carbocycles. The monoisotopic (exact) mass is 460 g/mol. The average Bonchev–Trinajstić information content (AvgIpc) is 3.26. The topological polar surface area (TPSA) is 124 Å². The zero-order valence-electron chi connectivity index (χ0n) is 18.1. The molecule has 3 rings (SSSR count). The number of sulfonamides is 1. The Morgan fingerprint density at radius 3 is 2.56 bits per heavy atom. The smallest absolute Gasteiger partial charge is 0.261 e. The Kier molecular flexibility index (Phi) is 6.98. The van der Waals surface area contributed by atoms with Crippen LogP contribution < -0.4 is 19.1 Å². The first-order valence-corrected chi connectivity index (χ1v) is 11.5. The van der Waals surface area contributed by atoms with E-state index in [1.165, 1.54) is 7.05 Å². The van der Waals surface area contributed by atoms with E-state index in [9.17, 15) is 13.2 Å². The molecule has 1 heterocycles. The molecule has 0 fully saturated rings. The van der Waals surface area contributed by atoms with E-state index in [0.717, 1.165) is 16.1 Å². The number of anilines is 1. The summed E-state index contributed by atoms with van der Waals surface area (Å²) in [7, 11) is -0.328. The van der Waals surface area contributed by atoms with Gasteiger partial charge in [0.05, 0.1) is 25.6 Å². The van der Waals surface area contributed by atoms with E-state index in [2.05, 4.69) is 15.5 Å². The highest BCUT2D eigenvalue weighted by Crippen LogP contribution is 2.22. The van der Waals surface area contributed by atoms with E-state index < -0.39 is 16.1 Å². The molecular formula is C21H24N4O6S. The summed E-state index contributed by atoms with van der Waals surface area (Å²) < 4.78 is 40.4. The van der Waals surface area contributed by atoms with Crippen molar-refractivity contribution in [3.05, 3.63) is 54.4 Å². The summed E-state index contributed by atoms with van der Waals surface area (Å²) >= 11 is 0. The molecule has 0 spiro atoms. The number of amides is 1. The molecule has 0 saturated heterocycles. The van der Waals surface area contributed by atoms with Crippen molar-refractivity contribution in [3.63, 3.8) is 0 Å². The lowest BCUT2D eigenvalue weighted by Gasteiger charge is -2.18. The predicted molar refractivity (Wildman–Crippen MR) is 118 cm³/mol. The highest BCUT2D eigenvalue weighted by Gasteiger charge is 2.17. The number of nitrogens with one attached hydrogen (secondary N) is 1. The molecular weight excluding hydrogens is 436 g/mol. The zero-order valence-corrected chi connectivity index (χ0v) is 18.9. The van der Waals surface area contributed by atoms with E-state index in [1.807, 2.05) is 18.2 Å². The Hall–Kier alpha value is -3.60. The van der Waals surface area contributed by atoms with Gasteiger partial charge >= 0.3 is 0 Å². The highest BCUT2D eigenvalue weighted by atomic mass is 32.2. The Labute approximate surface area is 186 Å². The van der Waals surface area contributed by atoms with Crippen LogP contribution in [0, 0.1) is 0 Å². The summed E-state index contributed by atoms with van der Waals surface area (Å²) in [6.07, 6.45) is 0.321. The maximum absolute atomic E-state index is 12.4. The second-order valence-corrected chi connectivity index (χ2v) is 8.96. The fraction of sp³-hybridized carbons (Fsp3) is 0.286. The molecule has 1 aromatic heterocycles. The van der Waals surface area contributed by atoms with Gasteiger partial charge in [-0.2, -0.15) is 4.98 Å². The first-order valence-electron chi connectivity index (χ1n) is 9.62. The van der Waals surface area contributed by atoms with Crippen LogP contribution in [0.5, 0.6) is 11.5 Å². The normalized spacial score (nSPS) is 12.1. The van der Waals surface area contributed by atoms with E-state index in [1.54, 1.807) is 44.4 Å². The number of nitrogens with zero attached hydrogens (tertiary/aromatic N) is 3. The Bertz CT molecular complexity index is 1180. The lowest BCUT2D eigenvalue weighted by molar-refractivity contribution is -0.127. The van der Waals surface area contributed by atoms with Crippen LogP contribution in [0.1, 0.15) is 12.8 Å². The van der Waals surface area contributed by atoms with E-state index >= 15 is 0 Å². The molecule has 0 unspecified atom stereocenters. The van der Waals surface area contributed by atoms with Crippen molar-refractivity contribution in [2.75, 3.05) is 24.7 Å². The molecule has 32 heavy (non-hydrogen) atoms. The van der Waals surface area contributed by atoms with E-state index in [4.69, 9.17) is 14.0 Å². The van der Waals surface area contributed by atoms with Crippen molar-refractivity contribution in [3.8, 4) is 22.9 Å². The average molecular weight is 461 g/mol. The third kappa shape index (κ3) is 5.76. The van der Waals surface area contributed by atoms with Crippen LogP contribution in [0.3, 0.4) is 0 Å². The summed E-state index contributed by atoms with van der Waals surface area (Å²) in [6.45, 7) is 1.64. The Morgan fingerprint density at radius 1 is 1.19 bits per heavy atom. The number of carbonyl (C=O) groups excluding carboxylic acids is 1. The van der Waals surface area contributed by atoms with E-state index in [0.29, 0.717) is 23.0 Å². The number of rotatable bonds is 9. The van der Waals surface area contributed by atoms with Gasteiger partial charge in [0.2, 0.25) is 21.7 Å². The largest absolute Gasteiger partial charge is 0.497 e. The number of aromatic nitrogens is 2. The van der Waals surface area contributed by atoms with Crippen LogP contribution in [-0.4, -0.2) is 51.0 Å². The van der Waals surface area contributed by atoms with Crippen LogP contribution in [-0.2, 0) is 21.4 Å². The third-order valence-corrected chi connectivity index (χ3v) is 5.80. The standard InChI is InChI=1S/C21H24N4O6S/c1-14(30-17-10-8-16(9-11-17)25(2)32(4,27)28)21(26)22-13-19-23-20(24-31-19)15-6-5-7-18(12-15)29-3/h5-12,14H,13H2,1-4H3,(H,22,26)/t14-/m0/s1. The molecule has 0 radical (unpaired) electrons. The van der Waals surface area contributed by atoms with Gasteiger partial charge in [0.15, 0.2) is 6.10 Å². The highest BCUT2D eigenvalue weighted by molar-refractivity contribution is 7.92. The van der Waals surface area contributed by atoms with Gasteiger partial charge in [-0.3, -0.25) is 9.10 Å². The van der Waals surface area contributed by atoms with Gasteiger partial charge in [0.25, 0.3) is 5.91 Å². The third-order valence-electron chi connectivity index (χ3n) is 4.59. The Morgan fingerprint density at radius 2 is 1.91 bits per heavy atom. The molecule has 10 nitrogen and oxygen atoms in total. The molecule has 170 valence electrons. The second kappa shape index (κ2) is 9.69. The van der Waals surface area contributed by atoms with Crippen molar-refractivity contribution >= 4 is 21.6 Å². The SMILES string of the molecule is COc1cccc(-c2noc(CNC(=O)[C@H](C)Oc3ccc(N(C)S(C)(=O)=O)cc3)n2)c1. The number of benzene rings is 2. The quantitative estimate of drug-likeness (QED) is 0.516. The van der Waals surface area contributed by atoms with Crippen LogP contribution in [0.25, 0.3) is 11.4 Å². The number of methoxy groups -OCH3 is 1. The van der Waals surface area contributed by atoms with Gasteiger partial charge in [0, 0.05) is 12.6 Å². The number of ether oxygens (including phenoxy) is 2. The molecule has 0 aliphatic heterocycles. The van der Waals surface area contributed by atoms with E-state index in [-0.39, 0.29) is 18.3 Å². The van der Waals surface area contributed by atoms with Gasteiger partial charge in [-0.1, -0.05) is 17.3 Å². The Balaban J connectivity index is 1.54. The maximum atomic E-state index is 12.4. The van der Waals surface area contributed by atoms with Gasteiger partial charge in [0.1, 0.15) is 11.5 Å². The summed E-state index contributed by atoms with van der Waals surface area (Å²) in [6, 6.07) is 13.6. The van der Waals surface area contributed by atoms with Crippen LogP contribution >= 0.6 is 0 Å². The fourth-order valence-corrected chi connectivity index (χ4v) is 3.20. The summed E-state index contributed by atoms with van der Waals surface area (Å²) in [4.78, 5) is 16.6. The minimum absolute atomic E-state index is 0.0432. The first-order chi connectivity index (χ1) is 15.2. The first kappa shape index (κ1) is 23.1. The molecule has 3 aromatic rings. The van der Waals surface area contributed by atoms with Crippen LogP contribution in [0.2, 0.25) is 0 Å². The molecule has 1 amide bonds. The number of carbonyl (C=O) groups is 1. The van der Waals surface area contributed by atoms with Crippen molar-refractivity contribution in [2.24, 2.45) is 0 Å². The lowest BCUT2D eigenvalue weighted by Crippen LogP contribution is -2.36. The molecule has 0 saturated carbocycles. The minimum Gasteiger partial charge on any atom is -0.497 e. The minimum atomic E-state index is -3.36. The van der Waals surface area contributed by atoms with Gasteiger partial charge in [-0.15, -0.1) is 0 Å². The maximum Gasteiger partial charge on any atom is 0.261 e. The van der Waals surface area contributed by atoms with Crippen molar-refractivity contribution < 1.29 is 27.2 Å². The molecule has 1 atom stereocenters. The van der Waals surface area contributed by atoms with Crippen molar-refractivity contribution in [2.45, 2.75) is 19.6 Å². The van der Waals surface area contributed by atoms with Gasteiger partial charge in [-0.25, -0.2) is 8.42 Å². The van der Waals surface area contributed by atoms with Gasteiger partial charge in [-0.05, 0) is 43.3 Å². The molecule has 1 N–H and O–H groups in total. The lowest BCUT2D eigenvalue weighted by atomic mass is 10.2. The summed E-state index contributed by atoms with van der Waals surface area (Å²) in [5.74, 6) is 1.36. The fourth-order valence-electron chi connectivity index (χ4n) is 2.70. The van der Waals surface area contributed by atoms with Crippen molar-refractivity contribution in [1.82, 2.24) is 15.5 Å². The van der Waals surface area contributed by atoms with Crippen molar-refractivity contribution in [1.29, 1.82) is 0 Å². The molecule has 0 bridgehead atoms. The summed E-state index contributed by atoms with van der Waals surface area (Å²) in [5.41, 5.74) is 1.22. The molecule has 11 heteroatoms.